The van der Waals surface area contributed by atoms with E-state index in [1.54, 1.807) is 41.2 Å². The van der Waals surface area contributed by atoms with Gasteiger partial charge in [-0.15, -0.1) is 5.10 Å². The van der Waals surface area contributed by atoms with Crippen LogP contribution in [0, 0.1) is 0 Å². The third kappa shape index (κ3) is 4.14. The average molecular weight is 406 g/mol. The summed E-state index contributed by atoms with van der Waals surface area (Å²) < 4.78 is 6.87. The van der Waals surface area contributed by atoms with Crippen LogP contribution in [0.25, 0.3) is 23.2 Å². The third-order valence-electron chi connectivity index (χ3n) is 5.00. The van der Waals surface area contributed by atoms with Gasteiger partial charge in [0.15, 0.2) is 5.82 Å². The zero-order valence-electron chi connectivity index (χ0n) is 16.6. The van der Waals surface area contributed by atoms with E-state index in [4.69, 9.17) is 4.42 Å². The summed E-state index contributed by atoms with van der Waals surface area (Å²) >= 11 is 0. The van der Waals surface area contributed by atoms with Gasteiger partial charge in [-0.05, 0) is 29.0 Å². The lowest BCUT2D eigenvalue weighted by atomic mass is 10.2. The van der Waals surface area contributed by atoms with E-state index < -0.39 is 0 Å². The lowest BCUT2D eigenvalue weighted by Crippen LogP contribution is -2.37. The average Bonchev–Trinajstić information content (AvgIpc) is 3.39. The van der Waals surface area contributed by atoms with Crippen molar-refractivity contribution in [1.29, 1.82) is 0 Å². The molecule has 0 aliphatic carbocycles. The molecule has 0 radical (unpaired) electrons. The molecule has 30 heavy (non-hydrogen) atoms. The van der Waals surface area contributed by atoms with Crippen molar-refractivity contribution in [3.8, 4) is 11.4 Å². The number of hydrogen-bond donors (Lipinski definition) is 0. The molecule has 1 aliphatic rings. The minimum Gasteiger partial charge on any atom is -0.465 e. The summed E-state index contributed by atoms with van der Waals surface area (Å²) in [7, 11) is 0. The number of benzene rings is 1. The van der Waals surface area contributed by atoms with Crippen molar-refractivity contribution >= 4 is 23.6 Å². The lowest BCUT2D eigenvalue weighted by molar-refractivity contribution is -0.129. The SMILES string of the molecule is CC(=O)N1CCCN(C(=O)/C(=C/c2ccco2)n2nnnc2-c2ccccc2)CC1. The van der Waals surface area contributed by atoms with Gasteiger partial charge in [-0.1, -0.05) is 30.3 Å². The predicted octanol–water partition coefficient (Wildman–Crippen LogP) is 2.01. The highest BCUT2D eigenvalue weighted by molar-refractivity contribution is 6.18. The molecule has 1 aliphatic heterocycles. The molecule has 1 saturated heterocycles. The molecule has 1 fully saturated rings. The number of hydrogen-bond acceptors (Lipinski definition) is 6. The summed E-state index contributed by atoms with van der Waals surface area (Å²) in [6, 6.07) is 13.0. The van der Waals surface area contributed by atoms with Crippen LogP contribution in [0.1, 0.15) is 19.1 Å². The van der Waals surface area contributed by atoms with Crippen molar-refractivity contribution in [2.45, 2.75) is 13.3 Å². The Bertz CT molecular complexity index is 1040. The molecule has 9 nitrogen and oxygen atoms in total. The topological polar surface area (TPSA) is 97.4 Å². The molecule has 0 spiro atoms. The van der Waals surface area contributed by atoms with Crippen molar-refractivity contribution in [2.75, 3.05) is 26.2 Å². The quantitative estimate of drug-likeness (QED) is 0.615. The lowest BCUT2D eigenvalue weighted by Gasteiger charge is -2.22. The van der Waals surface area contributed by atoms with Crippen molar-refractivity contribution in [3.63, 3.8) is 0 Å². The molecule has 9 heteroatoms. The number of amides is 2. The molecular weight excluding hydrogens is 384 g/mol. The molecule has 154 valence electrons. The van der Waals surface area contributed by atoms with Crippen molar-refractivity contribution in [2.24, 2.45) is 0 Å². The summed E-state index contributed by atoms with van der Waals surface area (Å²) in [5.74, 6) is 0.777. The van der Waals surface area contributed by atoms with Crippen LogP contribution in [-0.2, 0) is 9.59 Å². The van der Waals surface area contributed by atoms with E-state index in [0.29, 0.717) is 44.2 Å². The van der Waals surface area contributed by atoms with Gasteiger partial charge in [0.1, 0.15) is 11.5 Å². The second-order valence-electron chi connectivity index (χ2n) is 6.98. The highest BCUT2D eigenvalue weighted by Crippen LogP contribution is 2.22. The zero-order valence-corrected chi connectivity index (χ0v) is 16.6. The zero-order chi connectivity index (χ0) is 20.9. The fraction of sp³-hybridized carbons (Fsp3) is 0.286. The minimum absolute atomic E-state index is 0.0162. The molecule has 0 unspecified atom stereocenters. The van der Waals surface area contributed by atoms with Crippen molar-refractivity contribution < 1.29 is 14.0 Å². The summed E-state index contributed by atoms with van der Waals surface area (Å²) in [5.41, 5.74) is 1.07. The summed E-state index contributed by atoms with van der Waals surface area (Å²) in [5, 5.41) is 12.0. The van der Waals surface area contributed by atoms with E-state index in [0.717, 1.165) is 5.56 Å². The van der Waals surface area contributed by atoms with E-state index in [1.807, 2.05) is 30.3 Å². The van der Waals surface area contributed by atoms with Crippen molar-refractivity contribution in [3.05, 3.63) is 54.5 Å². The molecule has 0 atom stereocenters. The van der Waals surface area contributed by atoms with Gasteiger partial charge in [-0.25, -0.2) is 0 Å². The fourth-order valence-electron chi connectivity index (χ4n) is 3.44. The summed E-state index contributed by atoms with van der Waals surface area (Å²) in [6.45, 7) is 3.66. The summed E-state index contributed by atoms with van der Waals surface area (Å²) in [6.07, 6.45) is 3.89. The van der Waals surface area contributed by atoms with E-state index in [9.17, 15) is 9.59 Å². The Hall–Kier alpha value is -3.75. The van der Waals surface area contributed by atoms with Gasteiger partial charge in [0.25, 0.3) is 5.91 Å². The number of tetrazole rings is 1. The second kappa shape index (κ2) is 8.73. The maximum atomic E-state index is 13.5. The van der Waals surface area contributed by atoms with Crippen LogP contribution in [0.3, 0.4) is 0 Å². The summed E-state index contributed by atoms with van der Waals surface area (Å²) in [4.78, 5) is 28.8. The van der Waals surface area contributed by atoms with Crippen LogP contribution in [0.5, 0.6) is 0 Å². The van der Waals surface area contributed by atoms with Gasteiger partial charge in [-0.3, -0.25) is 9.59 Å². The van der Waals surface area contributed by atoms with Crippen LogP contribution in [-0.4, -0.2) is 68.0 Å². The monoisotopic (exact) mass is 406 g/mol. The Labute approximate surface area is 173 Å². The van der Waals surface area contributed by atoms with Crippen LogP contribution >= 0.6 is 0 Å². The number of furan rings is 1. The van der Waals surface area contributed by atoms with Gasteiger partial charge in [0.05, 0.1) is 6.26 Å². The third-order valence-corrected chi connectivity index (χ3v) is 5.00. The maximum absolute atomic E-state index is 13.5. The number of rotatable bonds is 4. The molecule has 2 amide bonds. The molecule has 4 rings (SSSR count). The Kier molecular flexibility index (Phi) is 5.69. The minimum atomic E-state index is -0.221. The first-order valence-electron chi connectivity index (χ1n) is 9.77. The molecule has 0 bridgehead atoms. The normalized spacial score (nSPS) is 15.2. The molecule has 0 saturated carbocycles. The van der Waals surface area contributed by atoms with Crippen LogP contribution < -0.4 is 0 Å². The Balaban J connectivity index is 1.70. The van der Waals surface area contributed by atoms with Crippen molar-refractivity contribution in [1.82, 2.24) is 30.0 Å². The first-order valence-corrected chi connectivity index (χ1v) is 9.77. The molecule has 2 aromatic heterocycles. The standard InChI is InChI=1S/C21H22N6O3/c1-16(28)25-10-6-11-26(13-12-25)21(29)19(15-18-9-5-14-30-18)27-20(22-23-24-27)17-7-3-2-4-8-17/h2-5,7-9,14-15H,6,10-13H2,1H3/b19-15-. The van der Waals surface area contributed by atoms with Gasteiger partial charge < -0.3 is 14.2 Å². The van der Waals surface area contributed by atoms with E-state index in [1.165, 1.54) is 4.68 Å². The second-order valence-corrected chi connectivity index (χ2v) is 6.98. The Morgan fingerprint density at radius 3 is 2.50 bits per heavy atom. The Morgan fingerprint density at radius 1 is 1.00 bits per heavy atom. The van der Waals surface area contributed by atoms with Crippen LogP contribution in [0.2, 0.25) is 0 Å². The van der Waals surface area contributed by atoms with Gasteiger partial charge >= 0.3 is 0 Å². The number of carbonyl (C=O) groups is 2. The fourth-order valence-corrected chi connectivity index (χ4v) is 3.44. The highest BCUT2D eigenvalue weighted by atomic mass is 16.3. The molecule has 3 aromatic rings. The number of aromatic nitrogens is 4. The van der Waals surface area contributed by atoms with Gasteiger partial charge in [0, 0.05) is 44.7 Å². The largest absolute Gasteiger partial charge is 0.465 e. The maximum Gasteiger partial charge on any atom is 0.272 e. The smallest absolute Gasteiger partial charge is 0.272 e. The molecular formula is C21H22N6O3. The highest BCUT2D eigenvalue weighted by Gasteiger charge is 2.26. The first-order chi connectivity index (χ1) is 14.6. The van der Waals surface area contributed by atoms with E-state index in [-0.39, 0.29) is 17.5 Å². The van der Waals surface area contributed by atoms with Gasteiger partial charge in [-0.2, -0.15) is 4.68 Å². The number of carbonyl (C=O) groups excluding carboxylic acids is 2. The molecule has 1 aromatic carbocycles. The Morgan fingerprint density at radius 2 is 1.77 bits per heavy atom. The molecule has 0 N–H and O–H groups in total. The van der Waals surface area contributed by atoms with E-state index >= 15 is 0 Å². The molecule has 3 heterocycles. The van der Waals surface area contributed by atoms with E-state index in [2.05, 4.69) is 15.5 Å². The van der Waals surface area contributed by atoms with Crippen LogP contribution in [0.4, 0.5) is 0 Å². The predicted molar refractivity (Wildman–Crippen MR) is 110 cm³/mol. The first kappa shape index (κ1) is 19.6. The number of nitrogens with zero attached hydrogens (tertiary/aromatic N) is 6. The van der Waals surface area contributed by atoms with Crippen LogP contribution in [0.15, 0.2) is 53.1 Å². The van der Waals surface area contributed by atoms with Gasteiger partial charge in [0.2, 0.25) is 5.91 Å².